The number of Topliss-reactive ketones (excluding diaryl/α,β-unsaturated/α-hetero) is 1. The van der Waals surface area contributed by atoms with E-state index in [0.717, 1.165) is 12.0 Å². The molecule has 0 aliphatic heterocycles. The zero-order chi connectivity index (χ0) is 19.5. The van der Waals surface area contributed by atoms with Gasteiger partial charge in [0.1, 0.15) is 5.75 Å². The fraction of sp³-hybridized carbons (Fsp3) is 0.130. The third kappa shape index (κ3) is 7.67. The summed E-state index contributed by atoms with van der Waals surface area (Å²) < 4.78 is 0. The number of aromatic hydroxyl groups is 1. The van der Waals surface area contributed by atoms with E-state index in [9.17, 15) is 14.7 Å². The third-order valence-corrected chi connectivity index (χ3v) is 3.54. The first-order chi connectivity index (χ1) is 13.1. The first-order valence-electron chi connectivity index (χ1n) is 8.67. The Morgan fingerprint density at radius 1 is 1.11 bits per heavy atom. The molecule has 0 bridgehead atoms. The minimum absolute atomic E-state index is 0. The third-order valence-electron chi connectivity index (χ3n) is 3.54. The van der Waals surface area contributed by atoms with Gasteiger partial charge in [-0.3, -0.25) is 9.59 Å². The van der Waals surface area contributed by atoms with E-state index in [0.29, 0.717) is 12.1 Å². The molecule has 0 atom stereocenters. The van der Waals surface area contributed by atoms with Crippen LogP contribution in [0.5, 0.6) is 5.75 Å². The van der Waals surface area contributed by atoms with E-state index in [1.165, 1.54) is 12.1 Å². The zero-order valence-corrected chi connectivity index (χ0v) is 16.6. The van der Waals surface area contributed by atoms with Crippen molar-refractivity contribution in [3.8, 4) is 17.6 Å². The van der Waals surface area contributed by atoms with Crippen molar-refractivity contribution in [1.29, 1.82) is 0 Å². The Bertz CT molecular complexity index is 899. The summed E-state index contributed by atoms with van der Waals surface area (Å²) in [7, 11) is 0. The molecule has 0 aliphatic carbocycles. The number of rotatable bonds is 4. The molecular weight excluding hydrogens is 394 g/mol. The van der Waals surface area contributed by atoms with Crippen molar-refractivity contribution in [3.63, 3.8) is 0 Å². The molecule has 4 nitrogen and oxygen atoms in total. The molecular formula is C23H21FeNO3. The Morgan fingerprint density at radius 3 is 2.43 bits per heavy atom. The summed E-state index contributed by atoms with van der Waals surface area (Å²) in [6, 6.07) is 21.6. The molecule has 0 saturated carbocycles. The number of hydrogen-bond donors (Lipinski definition) is 2. The molecule has 0 heterocycles. The minimum Gasteiger partial charge on any atom is -0.507 e. The van der Waals surface area contributed by atoms with Gasteiger partial charge >= 0.3 is 17.1 Å². The molecule has 3 rings (SSSR count). The van der Waals surface area contributed by atoms with Crippen LogP contribution in [0.1, 0.15) is 35.7 Å². The number of carbonyl (C=O) groups excluding carboxylic acids is 2. The molecule has 0 aliphatic rings. The second-order valence-corrected chi connectivity index (χ2v) is 5.75. The van der Waals surface area contributed by atoms with E-state index in [2.05, 4.69) is 17.2 Å². The smallest absolute Gasteiger partial charge is 0.507 e. The number of phenols is 1. The number of carbonyl (C=O) groups is 2. The van der Waals surface area contributed by atoms with Gasteiger partial charge in [-0.1, -0.05) is 12.8 Å². The van der Waals surface area contributed by atoms with Gasteiger partial charge in [-0.05, 0) is 24.6 Å². The van der Waals surface area contributed by atoms with E-state index in [-0.39, 0.29) is 34.3 Å². The number of anilines is 1. The zero-order valence-electron chi connectivity index (χ0n) is 15.5. The minimum atomic E-state index is -0.495. The van der Waals surface area contributed by atoms with Crippen LogP contribution < -0.4 is 5.32 Å². The van der Waals surface area contributed by atoms with Crippen molar-refractivity contribution in [3.05, 3.63) is 83.9 Å². The van der Waals surface area contributed by atoms with Gasteiger partial charge in [0.2, 0.25) is 11.7 Å². The summed E-state index contributed by atoms with van der Waals surface area (Å²) in [6.07, 6.45) is 1.14. The van der Waals surface area contributed by atoms with Gasteiger partial charge < -0.3 is 10.4 Å². The van der Waals surface area contributed by atoms with E-state index < -0.39 is 5.78 Å². The standard InChI is InChI=1S/C18H16NO3.C5H5.Fe/c1-2-5-18(22)19-14-9-11-17(21)15(12-14)16(20)10-8-13-6-3-4-7-13;1-2-4-5-3-1;/h3-4,6-7,9,11-12,21H,2,5H2,1H3,(H,19,22);1-5H;/q2*-1;+2. The first kappa shape index (κ1) is 23.0. The molecule has 0 fully saturated rings. The summed E-state index contributed by atoms with van der Waals surface area (Å²) in [5.41, 5.74) is 1.28. The van der Waals surface area contributed by atoms with Crippen LogP contribution in [0, 0.1) is 11.8 Å². The van der Waals surface area contributed by atoms with E-state index in [1.54, 1.807) is 18.2 Å². The summed E-state index contributed by atoms with van der Waals surface area (Å²) in [6.45, 7) is 1.91. The van der Waals surface area contributed by atoms with Crippen LogP contribution >= 0.6 is 0 Å². The molecule has 1 amide bonds. The van der Waals surface area contributed by atoms with E-state index >= 15 is 0 Å². The van der Waals surface area contributed by atoms with Gasteiger partial charge in [0.15, 0.2) is 0 Å². The first-order valence-corrected chi connectivity index (χ1v) is 8.67. The Morgan fingerprint density at radius 2 is 1.86 bits per heavy atom. The predicted octanol–water partition coefficient (Wildman–Crippen LogP) is 4.49. The van der Waals surface area contributed by atoms with Crippen LogP contribution in [0.4, 0.5) is 5.69 Å². The molecule has 5 heteroatoms. The second kappa shape index (κ2) is 12.3. The van der Waals surface area contributed by atoms with Gasteiger partial charge in [-0.25, -0.2) is 12.1 Å². The van der Waals surface area contributed by atoms with Gasteiger partial charge in [-0.2, -0.15) is 42.3 Å². The largest absolute Gasteiger partial charge is 2.00 e. The van der Waals surface area contributed by atoms with Crippen LogP contribution in [-0.4, -0.2) is 16.8 Å². The number of phenolic OH excluding ortho intramolecular Hbond substituents is 1. The normalized spacial score (nSPS) is 9.04. The average Bonchev–Trinajstić information content (AvgIpc) is 3.38. The van der Waals surface area contributed by atoms with Gasteiger partial charge in [-0.15, -0.1) is 11.6 Å². The summed E-state index contributed by atoms with van der Waals surface area (Å²) in [4.78, 5) is 23.7. The van der Waals surface area contributed by atoms with Gasteiger partial charge in [0.25, 0.3) is 0 Å². The van der Waals surface area contributed by atoms with Crippen LogP contribution in [0.3, 0.4) is 0 Å². The molecule has 28 heavy (non-hydrogen) atoms. The molecule has 0 saturated heterocycles. The Kier molecular flexibility index (Phi) is 10.1. The quantitative estimate of drug-likeness (QED) is 0.217. The summed E-state index contributed by atoms with van der Waals surface area (Å²) in [5.74, 6) is 4.44. The van der Waals surface area contributed by atoms with Crippen molar-refractivity contribution < 1.29 is 31.8 Å². The summed E-state index contributed by atoms with van der Waals surface area (Å²) >= 11 is 0. The molecule has 3 aromatic rings. The maximum Gasteiger partial charge on any atom is 2.00 e. The number of benzene rings is 1. The van der Waals surface area contributed by atoms with Crippen LogP contribution in [0.2, 0.25) is 0 Å². The topological polar surface area (TPSA) is 66.4 Å². The maximum absolute atomic E-state index is 12.1. The number of ketones is 1. The molecule has 0 radical (unpaired) electrons. The average molecular weight is 415 g/mol. The second-order valence-electron chi connectivity index (χ2n) is 5.75. The van der Waals surface area contributed by atoms with Crippen molar-refractivity contribution in [2.75, 3.05) is 5.32 Å². The predicted molar refractivity (Wildman–Crippen MR) is 107 cm³/mol. The molecule has 0 unspecified atom stereocenters. The van der Waals surface area contributed by atoms with E-state index in [1.807, 2.05) is 49.4 Å². The molecule has 3 aromatic carbocycles. The SMILES string of the molecule is CCCC(=O)Nc1ccc(O)c(C(=O)C#Cc2ccc[cH-]2)c1.[Fe+2].c1cc[cH-]c1. The Hall–Kier alpha value is -3.06. The van der Waals surface area contributed by atoms with Crippen LogP contribution in [0.15, 0.2) is 72.8 Å². The fourth-order valence-electron chi connectivity index (χ4n) is 2.22. The van der Waals surface area contributed by atoms with Gasteiger partial charge in [0.05, 0.1) is 5.56 Å². The molecule has 0 aromatic heterocycles. The number of amides is 1. The van der Waals surface area contributed by atoms with Crippen molar-refractivity contribution in [1.82, 2.24) is 0 Å². The monoisotopic (exact) mass is 415 g/mol. The van der Waals surface area contributed by atoms with Crippen molar-refractivity contribution in [2.24, 2.45) is 0 Å². The Balaban J connectivity index is 0.000000567. The van der Waals surface area contributed by atoms with Crippen LogP contribution in [0.25, 0.3) is 0 Å². The number of hydrogen-bond acceptors (Lipinski definition) is 3. The Labute approximate surface area is 175 Å². The van der Waals surface area contributed by atoms with E-state index in [4.69, 9.17) is 0 Å². The van der Waals surface area contributed by atoms with Crippen LogP contribution in [-0.2, 0) is 21.9 Å². The van der Waals surface area contributed by atoms with Gasteiger partial charge in [0, 0.05) is 12.1 Å². The molecule has 2 N–H and O–H groups in total. The maximum atomic E-state index is 12.1. The summed E-state index contributed by atoms with van der Waals surface area (Å²) in [5, 5.41) is 12.5. The van der Waals surface area contributed by atoms with Crippen molar-refractivity contribution in [2.45, 2.75) is 19.8 Å². The fourth-order valence-corrected chi connectivity index (χ4v) is 2.22. The molecule has 0 spiro atoms. The van der Waals surface area contributed by atoms with Crippen molar-refractivity contribution >= 4 is 17.4 Å². The molecule has 144 valence electrons. The number of nitrogens with one attached hydrogen (secondary N) is 1.